The number of ether oxygens (including phenoxy) is 1. The summed E-state index contributed by atoms with van der Waals surface area (Å²) in [6.45, 7) is 5.93. The van der Waals surface area contributed by atoms with Crippen LogP contribution in [0.1, 0.15) is 31.7 Å². The zero-order valence-corrected chi connectivity index (χ0v) is 14.1. The average molecular weight is 341 g/mol. The molecule has 0 saturated heterocycles. The van der Waals surface area contributed by atoms with Crippen molar-refractivity contribution in [2.75, 3.05) is 31.7 Å². The van der Waals surface area contributed by atoms with Crippen LogP contribution < -0.4 is 10.2 Å². The summed E-state index contributed by atoms with van der Waals surface area (Å²) in [5.74, 6) is 0. The minimum absolute atomic E-state index is 0.755. The molecule has 0 radical (unpaired) electrons. The van der Waals surface area contributed by atoms with Gasteiger partial charge in [-0.25, -0.2) is 0 Å². The summed E-state index contributed by atoms with van der Waals surface area (Å²) in [5.41, 5.74) is 2.65. The highest BCUT2D eigenvalue weighted by Crippen LogP contribution is 2.36. The summed E-state index contributed by atoms with van der Waals surface area (Å²) in [7, 11) is 1.73. The fraction of sp³-hybridized carbons (Fsp3) is 0.625. The molecule has 0 bridgehead atoms. The van der Waals surface area contributed by atoms with Gasteiger partial charge < -0.3 is 15.0 Å². The van der Waals surface area contributed by atoms with Crippen LogP contribution >= 0.6 is 15.9 Å². The Morgan fingerprint density at radius 2 is 2.20 bits per heavy atom. The minimum atomic E-state index is 0.755. The highest BCUT2D eigenvalue weighted by atomic mass is 79.9. The van der Waals surface area contributed by atoms with Crippen LogP contribution in [0.5, 0.6) is 0 Å². The zero-order chi connectivity index (χ0) is 14.4. The lowest BCUT2D eigenvalue weighted by Crippen LogP contribution is -2.26. The van der Waals surface area contributed by atoms with Crippen molar-refractivity contribution >= 4 is 21.6 Å². The smallest absolute Gasteiger partial charge is 0.0587 e. The van der Waals surface area contributed by atoms with E-state index in [0.29, 0.717) is 0 Å². The maximum absolute atomic E-state index is 5.04. The second-order valence-corrected chi connectivity index (χ2v) is 6.23. The largest absolute Gasteiger partial charge is 0.383 e. The van der Waals surface area contributed by atoms with Crippen LogP contribution in [0.3, 0.4) is 0 Å². The van der Waals surface area contributed by atoms with Gasteiger partial charge in [0.1, 0.15) is 0 Å². The van der Waals surface area contributed by atoms with Crippen molar-refractivity contribution < 1.29 is 4.74 Å². The quantitative estimate of drug-likeness (QED) is 0.695. The number of rotatable bonds is 9. The SMILES string of the molecule is CCCN(c1ccc(CNCCOC)cc1Br)C1CC1. The third-order valence-corrected chi connectivity index (χ3v) is 4.22. The van der Waals surface area contributed by atoms with Crippen molar-refractivity contribution in [1.29, 1.82) is 0 Å². The van der Waals surface area contributed by atoms with Gasteiger partial charge in [0.2, 0.25) is 0 Å². The van der Waals surface area contributed by atoms with Crippen molar-refractivity contribution in [2.24, 2.45) is 0 Å². The van der Waals surface area contributed by atoms with Crippen molar-refractivity contribution in [2.45, 2.75) is 38.8 Å². The van der Waals surface area contributed by atoms with E-state index in [1.807, 2.05) is 0 Å². The summed E-state index contributed by atoms with van der Waals surface area (Å²) < 4.78 is 6.25. The van der Waals surface area contributed by atoms with Gasteiger partial charge in [-0.05, 0) is 52.9 Å². The van der Waals surface area contributed by atoms with Crippen molar-refractivity contribution in [3.63, 3.8) is 0 Å². The molecule has 2 rings (SSSR count). The van der Waals surface area contributed by atoms with Gasteiger partial charge in [0.05, 0.1) is 12.3 Å². The lowest BCUT2D eigenvalue weighted by atomic mass is 10.2. The summed E-state index contributed by atoms with van der Waals surface area (Å²) in [4.78, 5) is 2.55. The predicted molar refractivity (Wildman–Crippen MR) is 88.4 cm³/mol. The highest BCUT2D eigenvalue weighted by Gasteiger charge is 2.29. The molecule has 0 heterocycles. The third kappa shape index (κ3) is 4.47. The summed E-state index contributed by atoms with van der Waals surface area (Å²) in [6, 6.07) is 7.48. The average Bonchev–Trinajstić information content (AvgIpc) is 3.26. The predicted octanol–water partition coefficient (Wildman–Crippen LogP) is 3.56. The van der Waals surface area contributed by atoms with Gasteiger partial charge in [-0.1, -0.05) is 13.0 Å². The molecule has 112 valence electrons. The third-order valence-electron chi connectivity index (χ3n) is 3.59. The van der Waals surface area contributed by atoms with E-state index in [2.05, 4.69) is 51.3 Å². The molecule has 1 saturated carbocycles. The second kappa shape index (κ2) is 8.01. The van der Waals surface area contributed by atoms with E-state index >= 15 is 0 Å². The van der Waals surface area contributed by atoms with Crippen LogP contribution in [-0.4, -0.2) is 32.8 Å². The normalized spacial score (nSPS) is 14.6. The number of hydrogen-bond donors (Lipinski definition) is 1. The molecule has 0 aliphatic heterocycles. The molecule has 1 aliphatic carbocycles. The van der Waals surface area contributed by atoms with Crippen LogP contribution in [0, 0.1) is 0 Å². The summed E-state index contributed by atoms with van der Waals surface area (Å²) in [5, 5.41) is 3.38. The van der Waals surface area contributed by atoms with Gasteiger partial charge >= 0.3 is 0 Å². The van der Waals surface area contributed by atoms with Crippen molar-refractivity contribution in [3.8, 4) is 0 Å². The fourth-order valence-corrected chi connectivity index (χ4v) is 3.08. The fourth-order valence-electron chi connectivity index (χ4n) is 2.43. The molecule has 1 fully saturated rings. The molecule has 1 aromatic rings. The van der Waals surface area contributed by atoms with Crippen LogP contribution in [0.15, 0.2) is 22.7 Å². The van der Waals surface area contributed by atoms with E-state index in [4.69, 9.17) is 4.74 Å². The topological polar surface area (TPSA) is 24.5 Å². The molecule has 1 N–H and O–H groups in total. The number of anilines is 1. The molecule has 4 heteroatoms. The second-order valence-electron chi connectivity index (χ2n) is 5.38. The molecule has 1 aliphatic rings. The molecular formula is C16H25BrN2O. The molecule has 0 unspecified atom stereocenters. The van der Waals surface area contributed by atoms with Gasteiger partial charge in [-0.2, -0.15) is 0 Å². The minimum Gasteiger partial charge on any atom is -0.383 e. The van der Waals surface area contributed by atoms with E-state index in [9.17, 15) is 0 Å². The molecular weight excluding hydrogens is 316 g/mol. The number of benzene rings is 1. The summed E-state index contributed by atoms with van der Waals surface area (Å²) >= 11 is 3.74. The number of nitrogens with one attached hydrogen (secondary N) is 1. The zero-order valence-electron chi connectivity index (χ0n) is 12.5. The van der Waals surface area contributed by atoms with Gasteiger partial charge in [0, 0.05) is 37.3 Å². The molecule has 0 spiro atoms. The molecule has 20 heavy (non-hydrogen) atoms. The van der Waals surface area contributed by atoms with Gasteiger partial charge in [-0.3, -0.25) is 0 Å². The first-order chi connectivity index (χ1) is 9.76. The molecule has 0 amide bonds. The van der Waals surface area contributed by atoms with E-state index < -0.39 is 0 Å². The number of hydrogen-bond acceptors (Lipinski definition) is 3. The van der Waals surface area contributed by atoms with Crippen molar-refractivity contribution in [3.05, 3.63) is 28.2 Å². The molecule has 0 aromatic heterocycles. The van der Waals surface area contributed by atoms with E-state index in [-0.39, 0.29) is 0 Å². The Kier molecular flexibility index (Phi) is 6.33. The van der Waals surface area contributed by atoms with Crippen LogP contribution in [0.25, 0.3) is 0 Å². The number of nitrogens with zero attached hydrogens (tertiary/aromatic N) is 1. The standard InChI is InChI=1S/C16H25BrN2O/c1-3-9-19(14-5-6-14)16-7-4-13(11-15(16)17)12-18-8-10-20-2/h4,7,11,14,18H,3,5-6,8-10,12H2,1-2H3. The van der Waals surface area contributed by atoms with Gasteiger partial charge in [0.25, 0.3) is 0 Å². The Balaban J connectivity index is 1.97. The Morgan fingerprint density at radius 1 is 1.40 bits per heavy atom. The Hall–Kier alpha value is -0.580. The highest BCUT2D eigenvalue weighted by molar-refractivity contribution is 9.10. The lowest BCUT2D eigenvalue weighted by molar-refractivity contribution is 0.199. The maximum atomic E-state index is 5.04. The van der Waals surface area contributed by atoms with E-state index in [1.54, 1.807) is 7.11 Å². The monoisotopic (exact) mass is 340 g/mol. The Morgan fingerprint density at radius 3 is 2.80 bits per heavy atom. The maximum Gasteiger partial charge on any atom is 0.0587 e. The molecule has 0 atom stereocenters. The lowest BCUT2D eigenvalue weighted by Gasteiger charge is -2.25. The Labute approximate surface area is 130 Å². The molecule has 1 aromatic carbocycles. The van der Waals surface area contributed by atoms with Crippen LogP contribution in [0.2, 0.25) is 0 Å². The van der Waals surface area contributed by atoms with Gasteiger partial charge in [0.15, 0.2) is 0 Å². The van der Waals surface area contributed by atoms with Crippen LogP contribution in [0.4, 0.5) is 5.69 Å². The van der Waals surface area contributed by atoms with Crippen molar-refractivity contribution in [1.82, 2.24) is 5.32 Å². The molecule has 3 nitrogen and oxygen atoms in total. The first-order valence-electron chi connectivity index (χ1n) is 7.51. The Bertz CT molecular complexity index is 421. The van der Waals surface area contributed by atoms with E-state index in [1.165, 1.54) is 35.0 Å². The van der Waals surface area contributed by atoms with E-state index in [0.717, 1.165) is 32.3 Å². The summed E-state index contributed by atoms with van der Waals surface area (Å²) in [6.07, 6.45) is 3.88. The first kappa shape index (κ1) is 15.8. The number of methoxy groups -OCH3 is 1. The van der Waals surface area contributed by atoms with Gasteiger partial charge in [-0.15, -0.1) is 0 Å². The first-order valence-corrected chi connectivity index (χ1v) is 8.30. The number of halogens is 1. The van der Waals surface area contributed by atoms with Crippen LogP contribution in [-0.2, 0) is 11.3 Å².